The zero-order valence-corrected chi connectivity index (χ0v) is 11.1. The van der Waals surface area contributed by atoms with Crippen LogP contribution in [-0.4, -0.2) is 30.3 Å². The maximum absolute atomic E-state index is 11.6. The Morgan fingerprint density at radius 2 is 2.12 bits per heavy atom. The second-order valence-electron chi connectivity index (χ2n) is 3.54. The second kappa shape index (κ2) is 6.79. The summed E-state index contributed by atoms with van der Waals surface area (Å²) in [5.74, 6) is -0.536. The number of rotatable bonds is 5. The third kappa shape index (κ3) is 4.89. The molecule has 0 amide bonds. The predicted molar refractivity (Wildman–Crippen MR) is 65.6 cm³/mol. The molecule has 0 N–H and O–H groups in total. The van der Waals surface area contributed by atoms with E-state index in [0.717, 1.165) is 0 Å². The number of aromatic nitrogens is 1. The quantitative estimate of drug-likeness (QED) is 0.472. The second-order valence-corrected chi connectivity index (χ2v) is 4.34. The van der Waals surface area contributed by atoms with Crippen molar-refractivity contribution in [2.75, 3.05) is 13.2 Å². The molecule has 6 heteroatoms. The Labute approximate surface area is 110 Å². The largest absolute Gasteiger partial charge is 0.460 e. The number of pyridine rings is 1. The number of hydrogen-bond acceptors (Lipinski definition) is 4. The van der Waals surface area contributed by atoms with E-state index >= 15 is 0 Å². The van der Waals surface area contributed by atoms with Crippen LogP contribution in [0, 0.1) is 0 Å². The van der Waals surface area contributed by atoms with E-state index in [9.17, 15) is 4.79 Å². The van der Waals surface area contributed by atoms with E-state index in [-0.39, 0.29) is 28.5 Å². The Kier molecular flexibility index (Phi) is 5.68. The van der Waals surface area contributed by atoms with Crippen LogP contribution < -0.4 is 0 Å². The lowest BCUT2D eigenvalue weighted by atomic mass is 10.3. The highest BCUT2D eigenvalue weighted by atomic mass is 35.5. The molecule has 0 aliphatic rings. The molecule has 0 spiro atoms. The zero-order chi connectivity index (χ0) is 12.8. The van der Waals surface area contributed by atoms with Crippen molar-refractivity contribution in [1.82, 2.24) is 4.98 Å². The summed E-state index contributed by atoms with van der Waals surface area (Å²) in [6.45, 7) is 4.33. The van der Waals surface area contributed by atoms with Gasteiger partial charge in [0, 0.05) is 6.20 Å². The van der Waals surface area contributed by atoms with E-state index in [0.29, 0.717) is 6.61 Å². The Morgan fingerprint density at radius 1 is 1.41 bits per heavy atom. The van der Waals surface area contributed by atoms with Crippen LogP contribution >= 0.6 is 23.2 Å². The number of esters is 1. The maximum Gasteiger partial charge on any atom is 0.339 e. The highest BCUT2D eigenvalue weighted by Gasteiger charge is 2.13. The molecule has 4 nitrogen and oxygen atoms in total. The van der Waals surface area contributed by atoms with Crippen molar-refractivity contribution in [2.45, 2.75) is 20.0 Å². The number of carbonyl (C=O) groups excluding carboxylic acids is 1. The van der Waals surface area contributed by atoms with Crippen molar-refractivity contribution in [3.05, 3.63) is 28.0 Å². The van der Waals surface area contributed by atoms with Gasteiger partial charge in [-0.05, 0) is 19.9 Å². The van der Waals surface area contributed by atoms with Crippen molar-refractivity contribution in [3.8, 4) is 0 Å². The van der Waals surface area contributed by atoms with Crippen molar-refractivity contribution in [2.24, 2.45) is 0 Å². The summed E-state index contributed by atoms with van der Waals surface area (Å²) in [4.78, 5) is 15.4. The molecule has 0 aliphatic carbocycles. The van der Waals surface area contributed by atoms with Crippen LogP contribution in [0.4, 0.5) is 0 Å². The molecule has 1 aromatic heterocycles. The number of ether oxygens (including phenoxy) is 2. The molecular weight excluding hydrogens is 265 g/mol. The van der Waals surface area contributed by atoms with Gasteiger partial charge < -0.3 is 9.47 Å². The van der Waals surface area contributed by atoms with Gasteiger partial charge >= 0.3 is 5.97 Å². The van der Waals surface area contributed by atoms with Gasteiger partial charge in [0.05, 0.1) is 23.3 Å². The fourth-order valence-electron chi connectivity index (χ4n) is 1.07. The molecule has 0 aromatic carbocycles. The normalized spacial score (nSPS) is 10.6. The summed E-state index contributed by atoms with van der Waals surface area (Å²) in [5, 5.41) is 0.406. The Bertz CT molecular complexity index is 396. The third-order valence-corrected chi connectivity index (χ3v) is 2.32. The first kappa shape index (κ1) is 14.2. The molecule has 0 fully saturated rings. The highest BCUT2D eigenvalue weighted by Crippen LogP contribution is 2.18. The molecule has 1 aromatic rings. The maximum atomic E-state index is 11.6. The molecular formula is C11H13Cl2NO3. The summed E-state index contributed by atoms with van der Waals surface area (Å²) in [6, 6.07) is 1.37. The molecule has 1 heterocycles. The first-order valence-electron chi connectivity index (χ1n) is 5.10. The Hall–Kier alpha value is -0.840. The average molecular weight is 278 g/mol. The predicted octanol–water partition coefficient (Wildman–Crippen LogP) is 2.97. The topological polar surface area (TPSA) is 48.4 Å². The van der Waals surface area contributed by atoms with E-state index < -0.39 is 5.97 Å². The van der Waals surface area contributed by atoms with Crippen molar-refractivity contribution < 1.29 is 14.3 Å². The van der Waals surface area contributed by atoms with Gasteiger partial charge in [0.15, 0.2) is 0 Å². The van der Waals surface area contributed by atoms with Crippen LogP contribution in [0.25, 0.3) is 0 Å². The first-order valence-corrected chi connectivity index (χ1v) is 5.86. The van der Waals surface area contributed by atoms with Gasteiger partial charge in [-0.3, -0.25) is 0 Å². The minimum Gasteiger partial charge on any atom is -0.460 e. The molecule has 0 radical (unpaired) electrons. The van der Waals surface area contributed by atoms with Crippen LogP contribution in [0.5, 0.6) is 0 Å². The fraction of sp³-hybridized carbons (Fsp3) is 0.455. The van der Waals surface area contributed by atoms with Crippen LogP contribution in [0.2, 0.25) is 10.2 Å². The lowest BCUT2D eigenvalue weighted by Crippen LogP contribution is -2.14. The lowest BCUT2D eigenvalue weighted by molar-refractivity contribution is 0.0177. The molecule has 0 aliphatic heterocycles. The highest BCUT2D eigenvalue weighted by molar-refractivity contribution is 6.34. The monoisotopic (exact) mass is 277 g/mol. The number of nitrogens with zero attached hydrogens (tertiary/aromatic N) is 1. The van der Waals surface area contributed by atoms with E-state index in [4.69, 9.17) is 32.7 Å². The summed E-state index contributed by atoms with van der Waals surface area (Å²) in [5.41, 5.74) is 0.205. The van der Waals surface area contributed by atoms with E-state index in [1.165, 1.54) is 12.3 Å². The molecule has 0 saturated heterocycles. The number of halogens is 2. The summed E-state index contributed by atoms with van der Waals surface area (Å²) in [6.07, 6.45) is 1.41. The lowest BCUT2D eigenvalue weighted by Gasteiger charge is -2.08. The standard InChI is InChI=1S/C11H13Cl2NO3/c1-7(2)16-3-4-17-11(15)8-5-10(13)14-6-9(8)12/h5-7H,3-4H2,1-2H3. The van der Waals surface area contributed by atoms with E-state index in [1.807, 2.05) is 13.8 Å². The van der Waals surface area contributed by atoms with Gasteiger partial charge in [0.2, 0.25) is 0 Å². The molecule has 0 atom stereocenters. The third-order valence-electron chi connectivity index (χ3n) is 1.81. The van der Waals surface area contributed by atoms with Crippen molar-refractivity contribution in [3.63, 3.8) is 0 Å². The molecule has 0 unspecified atom stereocenters. The first-order chi connectivity index (χ1) is 8.00. The molecule has 0 saturated carbocycles. The van der Waals surface area contributed by atoms with Crippen molar-refractivity contribution >= 4 is 29.2 Å². The molecule has 94 valence electrons. The smallest absolute Gasteiger partial charge is 0.339 e. The number of hydrogen-bond donors (Lipinski definition) is 0. The number of carbonyl (C=O) groups is 1. The Balaban J connectivity index is 2.49. The van der Waals surface area contributed by atoms with Gasteiger partial charge in [-0.15, -0.1) is 0 Å². The molecule has 0 bridgehead atoms. The van der Waals surface area contributed by atoms with E-state index in [1.54, 1.807) is 0 Å². The minimum atomic E-state index is -0.536. The van der Waals surface area contributed by atoms with Crippen LogP contribution in [0.1, 0.15) is 24.2 Å². The molecule has 1 rings (SSSR count). The minimum absolute atomic E-state index is 0.104. The summed E-state index contributed by atoms with van der Waals surface area (Å²) < 4.78 is 10.2. The van der Waals surface area contributed by atoms with Crippen LogP contribution in [0.15, 0.2) is 12.3 Å². The van der Waals surface area contributed by atoms with E-state index in [2.05, 4.69) is 4.98 Å². The van der Waals surface area contributed by atoms with Gasteiger partial charge in [0.25, 0.3) is 0 Å². The van der Waals surface area contributed by atoms with Gasteiger partial charge in [-0.1, -0.05) is 23.2 Å². The SMILES string of the molecule is CC(C)OCCOC(=O)c1cc(Cl)ncc1Cl. The summed E-state index contributed by atoms with van der Waals surface area (Å²) >= 11 is 11.5. The van der Waals surface area contributed by atoms with Crippen LogP contribution in [0.3, 0.4) is 0 Å². The van der Waals surface area contributed by atoms with Gasteiger partial charge in [-0.25, -0.2) is 9.78 Å². The van der Waals surface area contributed by atoms with Crippen molar-refractivity contribution in [1.29, 1.82) is 0 Å². The summed E-state index contributed by atoms with van der Waals surface area (Å²) in [7, 11) is 0. The van der Waals surface area contributed by atoms with Crippen LogP contribution in [-0.2, 0) is 9.47 Å². The van der Waals surface area contributed by atoms with Gasteiger partial charge in [0.1, 0.15) is 11.8 Å². The Morgan fingerprint density at radius 3 is 2.76 bits per heavy atom. The fourth-order valence-corrected chi connectivity index (χ4v) is 1.40. The average Bonchev–Trinajstić information content (AvgIpc) is 2.27. The molecule has 17 heavy (non-hydrogen) atoms. The zero-order valence-electron chi connectivity index (χ0n) is 9.57. The van der Waals surface area contributed by atoms with Gasteiger partial charge in [-0.2, -0.15) is 0 Å².